The normalized spacial score (nSPS) is 33.2. The van der Waals surface area contributed by atoms with E-state index < -0.39 is 10.0 Å². The van der Waals surface area contributed by atoms with Gasteiger partial charge in [0, 0.05) is 6.04 Å². The lowest BCUT2D eigenvalue weighted by molar-refractivity contribution is 0.226. The summed E-state index contributed by atoms with van der Waals surface area (Å²) < 4.78 is 27.5. The molecule has 0 spiro atoms. The largest absolute Gasteiger partial charge is 0.317 e. The van der Waals surface area contributed by atoms with Gasteiger partial charge in [-0.1, -0.05) is 26.7 Å². The Morgan fingerprint density at radius 1 is 1.10 bits per heavy atom. The molecule has 2 rings (SSSR count). The molecule has 1 saturated carbocycles. The molecule has 1 saturated heterocycles. The number of rotatable bonds is 5. The highest BCUT2D eigenvalue weighted by Gasteiger charge is 2.30. The molecule has 0 aromatic heterocycles. The molecule has 0 aromatic carbocycles. The van der Waals surface area contributed by atoms with E-state index in [9.17, 15) is 8.42 Å². The molecule has 0 bridgehead atoms. The first kappa shape index (κ1) is 16.2. The van der Waals surface area contributed by atoms with Gasteiger partial charge in [0.2, 0.25) is 10.0 Å². The lowest BCUT2D eigenvalue weighted by atomic mass is 9.78. The molecule has 1 aliphatic heterocycles. The summed E-state index contributed by atoms with van der Waals surface area (Å²) in [4.78, 5) is 0. The van der Waals surface area contributed by atoms with E-state index in [1.54, 1.807) is 0 Å². The first-order valence-electron chi connectivity index (χ1n) is 8.18. The molecule has 4 nitrogen and oxygen atoms in total. The van der Waals surface area contributed by atoms with Crippen molar-refractivity contribution in [3.8, 4) is 0 Å². The lowest BCUT2D eigenvalue weighted by Crippen LogP contribution is -2.44. The van der Waals surface area contributed by atoms with Crippen molar-refractivity contribution in [2.75, 3.05) is 18.8 Å². The minimum atomic E-state index is -3.11. The fourth-order valence-electron chi connectivity index (χ4n) is 3.53. The lowest BCUT2D eigenvalue weighted by Gasteiger charge is -2.34. The van der Waals surface area contributed by atoms with Crippen molar-refractivity contribution in [1.29, 1.82) is 0 Å². The summed E-state index contributed by atoms with van der Waals surface area (Å²) >= 11 is 0. The number of piperidine rings is 1. The molecule has 2 fully saturated rings. The Labute approximate surface area is 124 Å². The Morgan fingerprint density at radius 3 is 2.50 bits per heavy atom. The topological polar surface area (TPSA) is 58.2 Å². The van der Waals surface area contributed by atoms with Gasteiger partial charge in [0.25, 0.3) is 0 Å². The van der Waals surface area contributed by atoms with Crippen LogP contribution in [-0.4, -0.2) is 33.3 Å². The minimum Gasteiger partial charge on any atom is -0.317 e. The van der Waals surface area contributed by atoms with Crippen LogP contribution in [-0.2, 0) is 10.0 Å². The van der Waals surface area contributed by atoms with Crippen LogP contribution in [0.5, 0.6) is 0 Å². The summed E-state index contributed by atoms with van der Waals surface area (Å²) in [5.41, 5.74) is 0. The second kappa shape index (κ2) is 7.23. The molecular formula is C15H30N2O2S. The first-order chi connectivity index (χ1) is 9.48. The van der Waals surface area contributed by atoms with Crippen molar-refractivity contribution in [3.05, 3.63) is 0 Å². The summed E-state index contributed by atoms with van der Waals surface area (Å²) in [6.07, 6.45) is 6.42. The number of nitrogens with one attached hydrogen (secondary N) is 2. The Morgan fingerprint density at radius 2 is 1.80 bits per heavy atom. The van der Waals surface area contributed by atoms with Crippen LogP contribution in [0.3, 0.4) is 0 Å². The zero-order valence-corrected chi connectivity index (χ0v) is 13.7. The second-order valence-electron chi connectivity index (χ2n) is 6.79. The molecule has 20 heavy (non-hydrogen) atoms. The van der Waals surface area contributed by atoms with Gasteiger partial charge in [-0.3, -0.25) is 0 Å². The Kier molecular flexibility index (Phi) is 5.87. The van der Waals surface area contributed by atoms with Gasteiger partial charge >= 0.3 is 0 Å². The minimum absolute atomic E-state index is 0.150. The molecule has 5 heteroatoms. The average Bonchev–Trinajstić information content (AvgIpc) is 2.43. The van der Waals surface area contributed by atoms with Crippen LogP contribution in [0.4, 0.5) is 0 Å². The third kappa shape index (κ3) is 4.71. The maximum absolute atomic E-state index is 12.3. The van der Waals surface area contributed by atoms with Crippen LogP contribution in [0.25, 0.3) is 0 Å². The summed E-state index contributed by atoms with van der Waals surface area (Å²) in [5.74, 6) is 1.96. The van der Waals surface area contributed by atoms with E-state index in [0.717, 1.165) is 45.2 Å². The van der Waals surface area contributed by atoms with Gasteiger partial charge in [-0.05, 0) is 56.5 Å². The van der Waals surface area contributed by atoms with E-state index in [1.807, 2.05) is 0 Å². The highest BCUT2D eigenvalue weighted by Crippen LogP contribution is 2.30. The monoisotopic (exact) mass is 302 g/mol. The quantitative estimate of drug-likeness (QED) is 0.818. The summed E-state index contributed by atoms with van der Waals surface area (Å²) in [5, 5.41) is 3.32. The number of hydrogen-bond donors (Lipinski definition) is 2. The molecule has 1 aliphatic carbocycles. The van der Waals surface area contributed by atoms with Gasteiger partial charge in [0.1, 0.15) is 0 Å². The average molecular weight is 302 g/mol. The van der Waals surface area contributed by atoms with Crippen molar-refractivity contribution in [1.82, 2.24) is 10.0 Å². The van der Waals surface area contributed by atoms with E-state index in [-0.39, 0.29) is 6.04 Å². The Hall–Kier alpha value is -0.130. The third-order valence-electron chi connectivity index (χ3n) is 5.29. The van der Waals surface area contributed by atoms with Gasteiger partial charge in [-0.25, -0.2) is 13.1 Å². The molecule has 0 radical (unpaired) electrons. The SMILES string of the molecule is CC1CCCC(NS(=O)(=O)CCC2CCNCC2)C1C. The molecule has 0 aromatic rings. The summed E-state index contributed by atoms with van der Waals surface area (Å²) in [6, 6.07) is 0.150. The highest BCUT2D eigenvalue weighted by molar-refractivity contribution is 7.89. The summed E-state index contributed by atoms with van der Waals surface area (Å²) in [7, 11) is -3.11. The van der Waals surface area contributed by atoms with Gasteiger partial charge in [-0.2, -0.15) is 0 Å². The van der Waals surface area contributed by atoms with E-state index in [1.165, 1.54) is 6.42 Å². The molecule has 2 aliphatic rings. The Balaban J connectivity index is 1.80. The van der Waals surface area contributed by atoms with Crippen molar-refractivity contribution < 1.29 is 8.42 Å². The van der Waals surface area contributed by atoms with Crippen molar-refractivity contribution >= 4 is 10.0 Å². The molecule has 2 N–H and O–H groups in total. The van der Waals surface area contributed by atoms with E-state index in [4.69, 9.17) is 0 Å². The van der Waals surface area contributed by atoms with Crippen LogP contribution in [0.2, 0.25) is 0 Å². The van der Waals surface area contributed by atoms with Gasteiger partial charge in [0.05, 0.1) is 5.75 Å². The second-order valence-corrected chi connectivity index (χ2v) is 8.67. The molecule has 118 valence electrons. The predicted molar refractivity (Wildman–Crippen MR) is 83.1 cm³/mol. The maximum atomic E-state index is 12.3. The number of sulfonamides is 1. The summed E-state index contributed by atoms with van der Waals surface area (Å²) in [6.45, 7) is 6.49. The molecule has 3 unspecified atom stereocenters. The van der Waals surface area contributed by atoms with Gasteiger partial charge in [0.15, 0.2) is 0 Å². The van der Waals surface area contributed by atoms with E-state index in [0.29, 0.717) is 23.5 Å². The maximum Gasteiger partial charge on any atom is 0.211 e. The van der Waals surface area contributed by atoms with Gasteiger partial charge in [-0.15, -0.1) is 0 Å². The van der Waals surface area contributed by atoms with Crippen molar-refractivity contribution in [2.24, 2.45) is 17.8 Å². The third-order valence-corrected chi connectivity index (χ3v) is 6.73. The zero-order chi connectivity index (χ0) is 14.6. The zero-order valence-electron chi connectivity index (χ0n) is 12.9. The van der Waals surface area contributed by atoms with Crippen LogP contribution >= 0.6 is 0 Å². The smallest absolute Gasteiger partial charge is 0.211 e. The van der Waals surface area contributed by atoms with Crippen molar-refractivity contribution in [2.45, 2.75) is 58.4 Å². The fourth-order valence-corrected chi connectivity index (χ4v) is 5.09. The molecular weight excluding hydrogens is 272 g/mol. The first-order valence-corrected chi connectivity index (χ1v) is 9.84. The molecule has 0 amide bonds. The highest BCUT2D eigenvalue weighted by atomic mass is 32.2. The fraction of sp³-hybridized carbons (Fsp3) is 1.00. The van der Waals surface area contributed by atoms with Crippen LogP contribution in [0, 0.1) is 17.8 Å². The molecule has 1 heterocycles. The van der Waals surface area contributed by atoms with Crippen LogP contribution in [0.15, 0.2) is 0 Å². The van der Waals surface area contributed by atoms with E-state index >= 15 is 0 Å². The number of hydrogen-bond acceptors (Lipinski definition) is 3. The van der Waals surface area contributed by atoms with Crippen LogP contribution in [0.1, 0.15) is 52.4 Å². The van der Waals surface area contributed by atoms with E-state index in [2.05, 4.69) is 23.9 Å². The Bertz CT molecular complexity index is 391. The standard InChI is InChI=1S/C15H30N2O2S/c1-12-4-3-5-15(13(12)2)17-20(18,19)11-8-14-6-9-16-10-7-14/h12-17H,3-11H2,1-2H3. The van der Waals surface area contributed by atoms with Crippen LogP contribution < -0.4 is 10.0 Å². The van der Waals surface area contributed by atoms with Gasteiger partial charge < -0.3 is 5.32 Å². The predicted octanol–water partition coefficient (Wildman–Crippen LogP) is 2.12. The van der Waals surface area contributed by atoms with Crippen molar-refractivity contribution in [3.63, 3.8) is 0 Å². The molecule has 3 atom stereocenters.